The summed E-state index contributed by atoms with van der Waals surface area (Å²) in [4.78, 5) is 2.53. The van der Waals surface area contributed by atoms with Crippen molar-refractivity contribution in [1.82, 2.24) is 0 Å². The van der Waals surface area contributed by atoms with E-state index in [1.165, 1.54) is 17.7 Å². The topological polar surface area (TPSA) is 38.5 Å². The normalized spacial score (nSPS) is 20.7. The van der Waals surface area contributed by atoms with Gasteiger partial charge in [0.15, 0.2) is 0 Å². The molecule has 2 N–H and O–H groups in total. The van der Waals surface area contributed by atoms with E-state index in [1.807, 2.05) is 0 Å². The van der Waals surface area contributed by atoms with Gasteiger partial charge in [-0.25, -0.2) is 0 Å². The quantitative estimate of drug-likeness (QED) is 0.912. The van der Waals surface area contributed by atoms with Crippen molar-refractivity contribution in [2.75, 3.05) is 18.6 Å². The highest BCUT2D eigenvalue weighted by atomic mass is 16.5. The summed E-state index contributed by atoms with van der Waals surface area (Å²) in [7, 11) is 1.72. The number of anilines is 1. The van der Waals surface area contributed by atoms with Crippen LogP contribution in [0, 0.1) is 0 Å². The first-order valence-corrected chi connectivity index (χ1v) is 7.63. The Morgan fingerprint density at radius 3 is 2.65 bits per heavy atom. The number of methoxy groups -OCH3 is 1. The second-order valence-electron chi connectivity index (χ2n) is 6.50. The van der Waals surface area contributed by atoms with E-state index in [4.69, 9.17) is 10.5 Å². The number of benzene rings is 1. The van der Waals surface area contributed by atoms with Crippen LogP contribution in [0.25, 0.3) is 0 Å². The lowest BCUT2D eigenvalue weighted by atomic mass is 9.79. The van der Waals surface area contributed by atoms with Crippen LogP contribution >= 0.6 is 0 Å². The number of nitrogens with two attached hydrogens (primary N) is 1. The molecular weight excluding hydrogens is 248 g/mol. The van der Waals surface area contributed by atoms with Crippen LogP contribution in [-0.2, 0) is 6.54 Å². The van der Waals surface area contributed by atoms with E-state index in [0.29, 0.717) is 12.5 Å². The molecular formula is C17H28N2O. The fraction of sp³-hybridized carbons (Fsp3) is 0.647. The predicted molar refractivity (Wildman–Crippen MR) is 85.6 cm³/mol. The third-order valence-electron chi connectivity index (χ3n) is 4.45. The third-order valence-corrected chi connectivity index (χ3v) is 4.45. The third kappa shape index (κ3) is 2.51. The molecule has 0 saturated carbocycles. The van der Waals surface area contributed by atoms with Crippen molar-refractivity contribution in [2.45, 2.75) is 58.5 Å². The Morgan fingerprint density at radius 2 is 2.10 bits per heavy atom. The zero-order valence-electron chi connectivity index (χ0n) is 13.5. The number of fused-ring (bicyclic) bond motifs is 1. The Kier molecular flexibility index (Phi) is 4.28. The van der Waals surface area contributed by atoms with Gasteiger partial charge in [-0.05, 0) is 44.2 Å². The average Bonchev–Trinajstić information content (AvgIpc) is 2.41. The molecule has 3 heteroatoms. The summed E-state index contributed by atoms with van der Waals surface area (Å²) in [6.07, 6.45) is 2.33. The minimum atomic E-state index is 0.192. The van der Waals surface area contributed by atoms with Gasteiger partial charge in [-0.2, -0.15) is 0 Å². The molecule has 1 aromatic carbocycles. The van der Waals surface area contributed by atoms with E-state index in [1.54, 1.807) is 7.11 Å². The molecule has 1 aliphatic heterocycles. The summed E-state index contributed by atoms with van der Waals surface area (Å²) in [5.74, 6) is 1.47. The standard InChI is InChI=1S/C17H28N2O/c1-6-7-19-15-9-16(20-5)13(11-18)8-14(15)12(2)10-17(19,3)4/h8-9,12H,6-7,10-11,18H2,1-5H3/t12-/m0/s1. The highest BCUT2D eigenvalue weighted by Gasteiger charge is 2.36. The molecule has 0 aromatic heterocycles. The van der Waals surface area contributed by atoms with Gasteiger partial charge in [0.1, 0.15) is 5.75 Å². The SMILES string of the molecule is CCCN1c2cc(OC)c(CN)cc2[C@@H](C)CC1(C)C. The summed E-state index contributed by atoms with van der Waals surface area (Å²) in [5, 5.41) is 0. The fourth-order valence-electron chi connectivity index (χ4n) is 3.55. The van der Waals surface area contributed by atoms with Crippen LogP contribution in [0.4, 0.5) is 5.69 Å². The molecule has 1 aliphatic rings. The predicted octanol–water partition coefficient (Wildman–Crippen LogP) is 3.66. The van der Waals surface area contributed by atoms with Gasteiger partial charge in [0.25, 0.3) is 0 Å². The fourth-order valence-corrected chi connectivity index (χ4v) is 3.55. The van der Waals surface area contributed by atoms with Gasteiger partial charge in [-0.3, -0.25) is 0 Å². The lowest BCUT2D eigenvalue weighted by Gasteiger charge is -2.48. The summed E-state index contributed by atoms with van der Waals surface area (Å²) >= 11 is 0. The second kappa shape index (κ2) is 5.65. The van der Waals surface area contributed by atoms with E-state index in [9.17, 15) is 0 Å². The summed E-state index contributed by atoms with van der Waals surface area (Å²) in [6.45, 7) is 10.8. The molecule has 0 fully saturated rings. The molecule has 20 heavy (non-hydrogen) atoms. The Morgan fingerprint density at radius 1 is 1.40 bits per heavy atom. The smallest absolute Gasteiger partial charge is 0.125 e. The zero-order chi connectivity index (χ0) is 14.9. The number of nitrogens with zero attached hydrogens (tertiary/aromatic N) is 1. The highest BCUT2D eigenvalue weighted by molar-refractivity contribution is 5.64. The lowest BCUT2D eigenvalue weighted by molar-refractivity contribution is 0.372. The van der Waals surface area contributed by atoms with E-state index < -0.39 is 0 Å². The van der Waals surface area contributed by atoms with Crippen molar-refractivity contribution < 1.29 is 4.74 Å². The maximum absolute atomic E-state index is 5.86. The first kappa shape index (κ1) is 15.2. The van der Waals surface area contributed by atoms with Crippen molar-refractivity contribution in [3.8, 4) is 5.75 Å². The average molecular weight is 276 g/mol. The maximum atomic E-state index is 5.86. The van der Waals surface area contributed by atoms with E-state index >= 15 is 0 Å². The molecule has 0 amide bonds. The van der Waals surface area contributed by atoms with Crippen LogP contribution in [0.2, 0.25) is 0 Å². The molecule has 0 spiro atoms. The van der Waals surface area contributed by atoms with Crippen molar-refractivity contribution in [1.29, 1.82) is 0 Å². The van der Waals surface area contributed by atoms with Crippen molar-refractivity contribution in [3.63, 3.8) is 0 Å². The summed E-state index contributed by atoms with van der Waals surface area (Å²) in [6, 6.07) is 4.43. The first-order valence-electron chi connectivity index (χ1n) is 7.63. The largest absolute Gasteiger partial charge is 0.496 e. The van der Waals surface area contributed by atoms with Crippen molar-refractivity contribution in [3.05, 3.63) is 23.3 Å². The molecule has 1 aromatic rings. The first-order chi connectivity index (χ1) is 9.44. The van der Waals surface area contributed by atoms with Crippen LogP contribution in [0.5, 0.6) is 5.75 Å². The van der Waals surface area contributed by atoms with Crippen molar-refractivity contribution in [2.24, 2.45) is 5.73 Å². The monoisotopic (exact) mass is 276 g/mol. The summed E-state index contributed by atoms with van der Waals surface area (Å²) in [5.41, 5.74) is 9.90. The number of ether oxygens (including phenoxy) is 1. The van der Waals surface area contributed by atoms with Crippen LogP contribution in [0.1, 0.15) is 57.6 Å². The van der Waals surface area contributed by atoms with Gasteiger partial charge in [-0.1, -0.05) is 13.8 Å². The molecule has 0 bridgehead atoms. The molecule has 1 atom stereocenters. The number of rotatable bonds is 4. The van der Waals surface area contributed by atoms with Crippen LogP contribution in [0.15, 0.2) is 12.1 Å². The van der Waals surface area contributed by atoms with Gasteiger partial charge in [0, 0.05) is 35.9 Å². The van der Waals surface area contributed by atoms with Gasteiger partial charge >= 0.3 is 0 Å². The Balaban J connectivity index is 2.57. The lowest BCUT2D eigenvalue weighted by Crippen LogP contribution is -2.48. The minimum Gasteiger partial charge on any atom is -0.496 e. The van der Waals surface area contributed by atoms with Crippen LogP contribution in [-0.4, -0.2) is 19.2 Å². The Hall–Kier alpha value is -1.22. The maximum Gasteiger partial charge on any atom is 0.125 e. The van der Waals surface area contributed by atoms with Gasteiger partial charge in [0.2, 0.25) is 0 Å². The number of hydrogen-bond donors (Lipinski definition) is 1. The molecule has 1 heterocycles. The zero-order valence-corrected chi connectivity index (χ0v) is 13.5. The van der Waals surface area contributed by atoms with Gasteiger partial charge in [0.05, 0.1) is 7.11 Å². The van der Waals surface area contributed by atoms with Crippen molar-refractivity contribution >= 4 is 5.69 Å². The number of hydrogen-bond acceptors (Lipinski definition) is 3. The molecule has 3 nitrogen and oxygen atoms in total. The second-order valence-corrected chi connectivity index (χ2v) is 6.50. The van der Waals surface area contributed by atoms with Gasteiger partial charge < -0.3 is 15.4 Å². The molecule has 2 rings (SSSR count). The molecule has 0 saturated heterocycles. The van der Waals surface area contributed by atoms with Gasteiger partial charge in [-0.15, -0.1) is 0 Å². The molecule has 112 valence electrons. The molecule has 0 radical (unpaired) electrons. The minimum absolute atomic E-state index is 0.192. The molecule has 0 unspecified atom stereocenters. The van der Waals surface area contributed by atoms with E-state index in [-0.39, 0.29) is 5.54 Å². The van der Waals surface area contributed by atoms with Crippen LogP contribution < -0.4 is 15.4 Å². The highest BCUT2D eigenvalue weighted by Crippen LogP contribution is 2.45. The molecule has 0 aliphatic carbocycles. The van der Waals surface area contributed by atoms with E-state index in [0.717, 1.165) is 24.3 Å². The van der Waals surface area contributed by atoms with Crippen LogP contribution in [0.3, 0.4) is 0 Å². The Labute approximate surface area is 123 Å². The Bertz CT molecular complexity index is 482. The van der Waals surface area contributed by atoms with E-state index in [2.05, 4.69) is 44.7 Å². The summed E-state index contributed by atoms with van der Waals surface area (Å²) < 4.78 is 5.53.